The van der Waals surface area contributed by atoms with Gasteiger partial charge in [0, 0.05) is 6.54 Å². The predicted octanol–water partition coefficient (Wildman–Crippen LogP) is 4.39. The molecule has 1 unspecified atom stereocenters. The molecule has 2 aromatic heterocycles. The number of thioether (sulfide) groups is 1. The number of ether oxygens (including phenoxy) is 1. The van der Waals surface area contributed by atoms with E-state index >= 15 is 0 Å². The molecule has 1 N–H and O–H groups in total. The Balaban J connectivity index is 1.46. The zero-order valence-corrected chi connectivity index (χ0v) is 18.7. The first-order chi connectivity index (χ1) is 15.6. The molecule has 0 fully saturated rings. The largest absolute Gasteiger partial charge is 0.497 e. The van der Waals surface area contributed by atoms with Gasteiger partial charge in [-0.2, -0.15) is 0 Å². The smallest absolute Gasteiger partial charge is 0.233 e. The zero-order valence-electron chi connectivity index (χ0n) is 17.9. The molecule has 2 aromatic carbocycles. The van der Waals surface area contributed by atoms with E-state index in [-0.39, 0.29) is 11.2 Å². The fourth-order valence-corrected chi connectivity index (χ4v) is 4.03. The van der Waals surface area contributed by atoms with E-state index in [0.717, 1.165) is 16.9 Å². The fourth-order valence-electron chi connectivity index (χ4n) is 3.16. The Kier molecular flexibility index (Phi) is 6.91. The lowest BCUT2D eigenvalue weighted by atomic mass is 10.2. The minimum atomic E-state index is -0.351. The summed E-state index contributed by atoms with van der Waals surface area (Å²) in [6.45, 7) is 2.89. The van der Waals surface area contributed by atoms with Crippen LogP contribution in [0.5, 0.6) is 5.75 Å². The second-order valence-corrected chi connectivity index (χ2v) is 8.49. The maximum Gasteiger partial charge on any atom is 0.233 e. The van der Waals surface area contributed by atoms with Crippen LogP contribution in [0.15, 0.2) is 82.6 Å². The van der Waals surface area contributed by atoms with Crippen LogP contribution in [0.3, 0.4) is 0 Å². The van der Waals surface area contributed by atoms with Crippen molar-refractivity contribution >= 4 is 17.7 Å². The average molecular weight is 449 g/mol. The monoisotopic (exact) mass is 448 g/mol. The number of carbonyl (C=O) groups is 1. The molecule has 32 heavy (non-hydrogen) atoms. The highest BCUT2D eigenvalue weighted by molar-refractivity contribution is 8.00. The minimum Gasteiger partial charge on any atom is -0.497 e. The van der Waals surface area contributed by atoms with Crippen molar-refractivity contribution < 1.29 is 13.9 Å². The highest BCUT2D eigenvalue weighted by Crippen LogP contribution is 2.28. The Hall–Kier alpha value is -3.52. The first-order valence-corrected chi connectivity index (χ1v) is 11.1. The molecule has 4 aromatic rings. The van der Waals surface area contributed by atoms with Crippen molar-refractivity contribution in [2.24, 2.45) is 0 Å². The van der Waals surface area contributed by atoms with Gasteiger partial charge in [-0.3, -0.25) is 9.36 Å². The SMILES string of the molecule is COc1ccc(CNC(=O)C(C)Sc2nnc(-c3ccco3)n2Cc2ccccc2)cc1. The standard InChI is InChI=1S/C24H24N4O3S/c1-17(23(29)25-15-18-10-12-20(30-2)13-11-18)32-24-27-26-22(21-9-6-14-31-21)28(24)16-19-7-4-3-5-8-19/h3-14,17H,15-16H2,1-2H3,(H,25,29). The number of carbonyl (C=O) groups excluding carboxylic acids is 1. The van der Waals surface area contributed by atoms with Crippen molar-refractivity contribution in [1.29, 1.82) is 0 Å². The Morgan fingerprint density at radius 3 is 2.53 bits per heavy atom. The molecular weight excluding hydrogens is 424 g/mol. The lowest BCUT2D eigenvalue weighted by molar-refractivity contribution is -0.120. The van der Waals surface area contributed by atoms with Crippen LogP contribution in [0.25, 0.3) is 11.6 Å². The Morgan fingerprint density at radius 2 is 1.84 bits per heavy atom. The number of amides is 1. The van der Waals surface area contributed by atoms with Gasteiger partial charge in [0.2, 0.25) is 11.7 Å². The number of nitrogens with zero attached hydrogens (tertiary/aromatic N) is 3. The fraction of sp³-hybridized carbons (Fsp3) is 0.208. The summed E-state index contributed by atoms with van der Waals surface area (Å²) in [5.41, 5.74) is 2.11. The van der Waals surface area contributed by atoms with Gasteiger partial charge in [0.05, 0.1) is 25.2 Å². The van der Waals surface area contributed by atoms with Gasteiger partial charge in [-0.25, -0.2) is 0 Å². The van der Waals surface area contributed by atoms with E-state index < -0.39 is 0 Å². The molecule has 0 radical (unpaired) electrons. The molecule has 0 bridgehead atoms. The van der Waals surface area contributed by atoms with Crippen LogP contribution >= 0.6 is 11.8 Å². The molecule has 0 aliphatic heterocycles. The quantitative estimate of drug-likeness (QED) is 0.383. The van der Waals surface area contributed by atoms with Crippen LogP contribution in [0.4, 0.5) is 0 Å². The molecule has 7 nitrogen and oxygen atoms in total. The number of benzene rings is 2. The second kappa shape index (κ2) is 10.2. The van der Waals surface area contributed by atoms with Crippen LogP contribution in [-0.4, -0.2) is 33.0 Å². The van der Waals surface area contributed by atoms with E-state index in [0.29, 0.717) is 29.8 Å². The van der Waals surface area contributed by atoms with Crippen LogP contribution in [0, 0.1) is 0 Å². The van der Waals surface area contributed by atoms with Crippen LogP contribution in [-0.2, 0) is 17.9 Å². The van der Waals surface area contributed by atoms with Gasteiger partial charge in [-0.05, 0) is 42.3 Å². The number of methoxy groups -OCH3 is 1. The summed E-state index contributed by atoms with van der Waals surface area (Å²) in [5.74, 6) is 1.98. The summed E-state index contributed by atoms with van der Waals surface area (Å²) in [4.78, 5) is 12.7. The summed E-state index contributed by atoms with van der Waals surface area (Å²) in [7, 11) is 1.63. The molecule has 4 rings (SSSR count). The van der Waals surface area contributed by atoms with Crippen molar-refractivity contribution in [3.05, 3.63) is 84.1 Å². The van der Waals surface area contributed by atoms with Crippen molar-refractivity contribution in [3.63, 3.8) is 0 Å². The topological polar surface area (TPSA) is 82.2 Å². The van der Waals surface area contributed by atoms with E-state index in [9.17, 15) is 4.79 Å². The van der Waals surface area contributed by atoms with Gasteiger partial charge in [-0.15, -0.1) is 10.2 Å². The molecule has 1 amide bonds. The van der Waals surface area contributed by atoms with Gasteiger partial charge < -0.3 is 14.5 Å². The number of rotatable bonds is 9. The number of nitrogens with one attached hydrogen (secondary N) is 1. The number of furan rings is 1. The molecule has 0 saturated carbocycles. The van der Waals surface area contributed by atoms with Crippen molar-refractivity contribution in [3.8, 4) is 17.3 Å². The van der Waals surface area contributed by atoms with Gasteiger partial charge in [-0.1, -0.05) is 54.2 Å². The summed E-state index contributed by atoms with van der Waals surface area (Å²) in [6.07, 6.45) is 1.61. The summed E-state index contributed by atoms with van der Waals surface area (Å²) >= 11 is 1.37. The van der Waals surface area contributed by atoms with E-state index in [4.69, 9.17) is 9.15 Å². The predicted molar refractivity (Wildman–Crippen MR) is 123 cm³/mol. The molecular formula is C24H24N4O3S. The van der Waals surface area contributed by atoms with Crippen LogP contribution in [0.2, 0.25) is 0 Å². The normalized spacial score (nSPS) is 11.8. The summed E-state index contributed by atoms with van der Waals surface area (Å²) < 4.78 is 12.7. The third-order valence-electron chi connectivity index (χ3n) is 4.92. The third-order valence-corrected chi connectivity index (χ3v) is 6.00. The zero-order chi connectivity index (χ0) is 22.3. The molecule has 1 atom stereocenters. The highest BCUT2D eigenvalue weighted by atomic mass is 32.2. The summed E-state index contributed by atoms with van der Waals surface area (Å²) in [6, 6.07) is 21.4. The van der Waals surface area contributed by atoms with E-state index in [1.807, 2.05) is 78.2 Å². The van der Waals surface area contributed by atoms with Gasteiger partial charge >= 0.3 is 0 Å². The molecule has 0 spiro atoms. The van der Waals surface area contributed by atoms with Crippen molar-refractivity contribution in [1.82, 2.24) is 20.1 Å². The van der Waals surface area contributed by atoms with Crippen molar-refractivity contribution in [2.45, 2.75) is 30.4 Å². The van der Waals surface area contributed by atoms with Gasteiger partial charge in [0.1, 0.15) is 5.75 Å². The van der Waals surface area contributed by atoms with Gasteiger partial charge in [0.15, 0.2) is 10.9 Å². The average Bonchev–Trinajstić information content (AvgIpc) is 3.49. The van der Waals surface area contributed by atoms with Crippen molar-refractivity contribution in [2.75, 3.05) is 7.11 Å². The first-order valence-electron chi connectivity index (χ1n) is 10.2. The van der Waals surface area contributed by atoms with E-state index in [1.165, 1.54) is 11.8 Å². The third kappa shape index (κ3) is 5.20. The molecule has 164 valence electrons. The maximum absolute atomic E-state index is 12.7. The summed E-state index contributed by atoms with van der Waals surface area (Å²) in [5, 5.41) is 12.0. The lowest BCUT2D eigenvalue weighted by Gasteiger charge is -2.14. The lowest BCUT2D eigenvalue weighted by Crippen LogP contribution is -2.30. The first kappa shape index (κ1) is 21.7. The number of hydrogen-bond donors (Lipinski definition) is 1. The second-order valence-electron chi connectivity index (χ2n) is 7.18. The molecule has 0 aliphatic rings. The van der Waals surface area contributed by atoms with Crippen LogP contribution < -0.4 is 10.1 Å². The van der Waals surface area contributed by atoms with E-state index in [2.05, 4.69) is 15.5 Å². The Bertz CT molecular complexity index is 1140. The number of aromatic nitrogens is 3. The van der Waals surface area contributed by atoms with Gasteiger partial charge in [0.25, 0.3) is 0 Å². The Labute approximate surface area is 190 Å². The van der Waals surface area contributed by atoms with Crippen LogP contribution in [0.1, 0.15) is 18.1 Å². The van der Waals surface area contributed by atoms with E-state index in [1.54, 1.807) is 13.4 Å². The maximum atomic E-state index is 12.7. The molecule has 0 aliphatic carbocycles. The number of hydrogen-bond acceptors (Lipinski definition) is 6. The Morgan fingerprint density at radius 1 is 1.06 bits per heavy atom. The highest BCUT2D eigenvalue weighted by Gasteiger charge is 2.22. The molecule has 0 saturated heterocycles. The molecule has 2 heterocycles. The minimum absolute atomic E-state index is 0.0698. The molecule has 8 heteroatoms.